The number of aromatic nitrogens is 2. The molecule has 0 aliphatic heterocycles. The molecular weight excluding hydrogens is 366 g/mol. The highest BCUT2D eigenvalue weighted by Crippen LogP contribution is 2.22. The molecule has 0 fully saturated rings. The van der Waals surface area contributed by atoms with E-state index in [9.17, 15) is 9.59 Å². The number of rotatable bonds is 4. The summed E-state index contributed by atoms with van der Waals surface area (Å²) >= 11 is 0. The summed E-state index contributed by atoms with van der Waals surface area (Å²) in [5, 5.41) is 3.45. The molecule has 3 rings (SSSR count). The Morgan fingerprint density at radius 1 is 1.14 bits per heavy atom. The summed E-state index contributed by atoms with van der Waals surface area (Å²) in [6, 6.07) is 14.5. The van der Waals surface area contributed by atoms with Gasteiger partial charge in [0.15, 0.2) is 0 Å². The lowest BCUT2D eigenvalue weighted by molar-refractivity contribution is 0.0499. The summed E-state index contributed by atoms with van der Waals surface area (Å²) in [5.41, 5.74) is 1.41. The minimum Gasteiger partial charge on any atom is -0.444 e. The van der Waals surface area contributed by atoms with E-state index in [0.29, 0.717) is 28.8 Å². The number of amides is 1. The van der Waals surface area contributed by atoms with Gasteiger partial charge in [-0.25, -0.2) is 9.78 Å². The third-order valence-corrected chi connectivity index (χ3v) is 4.56. The molecule has 1 aromatic heterocycles. The van der Waals surface area contributed by atoms with Crippen molar-refractivity contribution in [3.8, 4) is 5.69 Å². The third kappa shape index (κ3) is 4.47. The topological polar surface area (TPSA) is 73.2 Å². The number of fused-ring (bicyclic) bond motifs is 1. The number of carbonyl (C=O) groups excluding carboxylic acids is 1. The molecule has 3 aromatic rings. The lowest BCUT2D eigenvalue weighted by Gasteiger charge is -2.25. The predicted octanol–water partition coefficient (Wildman–Crippen LogP) is 4.67. The molecule has 2 aromatic carbocycles. The van der Waals surface area contributed by atoms with Crippen molar-refractivity contribution in [2.24, 2.45) is 0 Å². The zero-order valence-corrected chi connectivity index (χ0v) is 17.5. The maximum Gasteiger partial charge on any atom is 0.408 e. The van der Waals surface area contributed by atoms with Gasteiger partial charge in [-0.15, -0.1) is 0 Å². The van der Waals surface area contributed by atoms with E-state index in [1.807, 2.05) is 83.1 Å². The van der Waals surface area contributed by atoms with Gasteiger partial charge in [0.1, 0.15) is 11.4 Å². The molecule has 6 nitrogen and oxygen atoms in total. The number of nitrogens with zero attached hydrogens (tertiary/aromatic N) is 2. The lowest BCUT2D eigenvalue weighted by atomic mass is 10.1. The minimum atomic E-state index is -0.616. The quantitative estimate of drug-likeness (QED) is 0.699. The van der Waals surface area contributed by atoms with Crippen LogP contribution in [-0.2, 0) is 4.74 Å². The van der Waals surface area contributed by atoms with E-state index in [0.717, 1.165) is 5.56 Å². The smallest absolute Gasteiger partial charge is 0.408 e. The van der Waals surface area contributed by atoms with Crippen molar-refractivity contribution < 1.29 is 9.53 Å². The predicted molar refractivity (Wildman–Crippen MR) is 114 cm³/mol. The number of benzene rings is 2. The summed E-state index contributed by atoms with van der Waals surface area (Å²) in [6.07, 6.45) is 0.0121. The molecule has 0 saturated heterocycles. The van der Waals surface area contributed by atoms with Crippen molar-refractivity contribution in [2.45, 2.75) is 52.7 Å². The lowest BCUT2D eigenvalue weighted by Crippen LogP contribution is -2.37. The normalized spacial score (nSPS) is 12.6. The van der Waals surface area contributed by atoms with Crippen molar-refractivity contribution in [3.63, 3.8) is 0 Å². The fourth-order valence-electron chi connectivity index (χ4n) is 3.27. The van der Waals surface area contributed by atoms with Crippen LogP contribution in [0.15, 0.2) is 53.3 Å². The number of ether oxygens (including phenoxy) is 1. The van der Waals surface area contributed by atoms with Crippen LogP contribution < -0.4 is 10.9 Å². The molecule has 1 amide bonds. The highest BCUT2D eigenvalue weighted by Gasteiger charge is 2.24. The first-order valence-corrected chi connectivity index (χ1v) is 9.78. The van der Waals surface area contributed by atoms with Crippen LogP contribution in [0, 0.1) is 6.92 Å². The summed E-state index contributed by atoms with van der Waals surface area (Å²) in [4.78, 5) is 30.7. The van der Waals surface area contributed by atoms with Gasteiger partial charge >= 0.3 is 6.09 Å². The van der Waals surface area contributed by atoms with Gasteiger partial charge in [0, 0.05) is 0 Å². The maximum atomic E-state index is 13.5. The fourth-order valence-corrected chi connectivity index (χ4v) is 3.27. The molecule has 0 unspecified atom stereocenters. The molecule has 0 aliphatic carbocycles. The fraction of sp³-hybridized carbons (Fsp3) is 0.348. The number of aryl methyl sites for hydroxylation is 1. The van der Waals surface area contributed by atoms with Gasteiger partial charge in [-0.3, -0.25) is 9.36 Å². The second kappa shape index (κ2) is 8.07. The van der Waals surface area contributed by atoms with Gasteiger partial charge in [-0.05, 0) is 57.9 Å². The molecule has 0 saturated carbocycles. The van der Waals surface area contributed by atoms with Gasteiger partial charge in [0.25, 0.3) is 5.56 Å². The van der Waals surface area contributed by atoms with E-state index in [-0.39, 0.29) is 5.56 Å². The second-order valence-corrected chi connectivity index (χ2v) is 8.02. The largest absolute Gasteiger partial charge is 0.444 e. The molecule has 1 atom stereocenters. The van der Waals surface area contributed by atoms with Crippen molar-refractivity contribution in [3.05, 3.63) is 70.3 Å². The number of carbonyl (C=O) groups is 1. The first-order chi connectivity index (χ1) is 13.7. The summed E-state index contributed by atoms with van der Waals surface area (Å²) in [7, 11) is 0. The Morgan fingerprint density at radius 3 is 2.45 bits per heavy atom. The Bertz CT molecular complexity index is 1080. The Morgan fingerprint density at radius 2 is 1.83 bits per heavy atom. The van der Waals surface area contributed by atoms with Gasteiger partial charge in [0.05, 0.1) is 22.6 Å². The molecular formula is C23H27N3O3. The Hall–Kier alpha value is -3.15. The number of para-hydroxylation sites is 1. The number of alkyl carbamates (subject to hydrolysis) is 1. The van der Waals surface area contributed by atoms with Crippen LogP contribution in [0.5, 0.6) is 0 Å². The van der Waals surface area contributed by atoms with E-state index in [1.165, 1.54) is 0 Å². The van der Waals surface area contributed by atoms with Crippen LogP contribution in [0.1, 0.15) is 51.5 Å². The zero-order chi connectivity index (χ0) is 21.2. The van der Waals surface area contributed by atoms with E-state index >= 15 is 0 Å². The van der Waals surface area contributed by atoms with E-state index in [1.54, 1.807) is 4.57 Å². The van der Waals surface area contributed by atoms with Crippen LogP contribution in [0.3, 0.4) is 0 Å². The minimum absolute atomic E-state index is 0.154. The van der Waals surface area contributed by atoms with Crippen molar-refractivity contribution in [1.82, 2.24) is 14.9 Å². The maximum absolute atomic E-state index is 13.5. The van der Waals surface area contributed by atoms with E-state index in [2.05, 4.69) is 5.32 Å². The van der Waals surface area contributed by atoms with Gasteiger partial charge in [0.2, 0.25) is 0 Å². The molecule has 152 valence electrons. The van der Waals surface area contributed by atoms with Crippen molar-refractivity contribution in [2.75, 3.05) is 0 Å². The van der Waals surface area contributed by atoms with Crippen molar-refractivity contribution >= 4 is 17.0 Å². The molecule has 1 heterocycles. The van der Waals surface area contributed by atoms with Crippen LogP contribution >= 0.6 is 0 Å². The van der Waals surface area contributed by atoms with E-state index < -0.39 is 17.7 Å². The van der Waals surface area contributed by atoms with Crippen LogP contribution in [0.2, 0.25) is 0 Å². The molecule has 0 radical (unpaired) electrons. The highest BCUT2D eigenvalue weighted by molar-refractivity contribution is 5.81. The van der Waals surface area contributed by atoms with Crippen LogP contribution in [-0.4, -0.2) is 21.2 Å². The van der Waals surface area contributed by atoms with Crippen molar-refractivity contribution in [1.29, 1.82) is 0 Å². The molecule has 0 spiro atoms. The average Bonchev–Trinajstić information content (AvgIpc) is 2.65. The summed E-state index contributed by atoms with van der Waals surface area (Å²) < 4.78 is 6.99. The van der Waals surface area contributed by atoms with E-state index in [4.69, 9.17) is 9.72 Å². The number of hydrogen-bond acceptors (Lipinski definition) is 4. The molecule has 0 bridgehead atoms. The van der Waals surface area contributed by atoms with Gasteiger partial charge in [-0.2, -0.15) is 0 Å². The molecule has 1 N–H and O–H groups in total. The number of hydrogen-bond donors (Lipinski definition) is 1. The Kier molecular flexibility index (Phi) is 5.73. The van der Waals surface area contributed by atoms with Gasteiger partial charge in [-0.1, -0.05) is 37.3 Å². The zero-order valence-electron chi connectivity index (χ0n) is 17.5. The molecule has 29 heavy (non-hydrogen) atoms. The Balaban J connectivity index is 2.19. The third-order valence-electron chi connectivity index (χ3n) is 4.56. The second-order valence-electron chi connectivity index (χ2n) is 8.02. The highest BCUT2D eigenvalue weighted by atomic mass is 16.6. The van der Waals surface area contributed by atoms with Crippen LogP contribution in [0.4, 0.5) is 4.79 Å². The standard InChI is InChI=1S/C23H27N3O3/c1-6-17(25-22(28)29-23(3,4)5)20-24-18-14-10-11-15(2)19(18)21(27)26(20)16-12-8-7-9-13-16/h7-14,17H,6H2,1-5H3,(H,25,28)/t17-/m0/s1. The average molecular weight is 393 g/mol. The Labute approximate surface area is 170 Å². The first kappa shape index (κ1) is 20.6. The summed E-state index contributed by atoms with van der Waals surface area (Å²) in [6.45, 7) is 9.26. The molecule has 0 aliphatic rings. The monoisotopic (exact) mass is 393 g/mol. The van der Waals surface area contributed by atoms with Gasteiger partial charge < -0.3 is 10.1 Å². The number of nitrogens with one attached hydrogen (secondary N) is 1. The SMILES string of the molecule is CC[C@H](NC(=O)OC(C)(C)C)c1nc2cccc(C)c2c(=O)n1-c1ccccc1. The first-order valence-electron chi connectivity index (χ1n) is 9.78. The molecule has 6 heteroatoms. The van der Waals surface area contributed by atoms with Crippen LogP contribution in [0.25, 0.3) is 16.6 Å². The summed E-state index contributed by atoms with van der Waals surface area (Å²) in [5.74, 6) is 0.479.